The summed E-state index contributed by atoms with van der Waals surface area (Å²) >= 11 is 0. The van der Waals surface area contributed by atoms with Crippen LogP contribution in [0.4, 0.5) is 0 Å². The van der Waals surface area contributed by atoms with Crippen molar-refractivity contribution in [3.05, 3.63) is 35.4 Å². The first kappa shape index (κ1) is 22.1. The summed E-state index contributed by atoms with van der Waals surface area (Å²) in [5.74, 6) is -6.78. The van der Waals surface area contributed by atoms with E-state index in [2.05, 4.69) is 0 Å². The summed E-state index contributed by atoms with van der Waals surface area (Å²) < 4.78 is 28.6. The summed E-state index contributed by atoms with van der Waals surface area (Å²) in [7, 11) is -4.56. The molecule has 1 aromatic carbocycles. The number of rotatable bonds is 6. The molecular weight excluding hydrogens is 438 g/mol. The first-order valence-corrected chi connectivity index (χ1v) is 10.2. The van der Waals surface area contributed by atoms with Crippen molar-refractivity contribution < 1.29 is 52.8 Å². The molecule has 1 aromatic rings. The van der Waals surface area contributed by atoms with Crippen molar-refractivity contribution in [3.63, 3.8) is 0 Å². The van der Waals surface area contributed by atoms with Crippen molar-refractivity contribution in [2.24, 2.45) is 0 Å². The van der Waals surface area contributed by atoms with Gasteiger partial charge >= 0.3 is 5.97 Å². The summed E-state index contributed by atoms with van der Waals surface area (Å²) in [5.41, 5.74) is -0.449. The lowest BCUT2D eigenvalue weighted by Gasteiger charge is -2.40. The van der Waals surface area contributed by atoms with Gasteiger partial charge in [-0.25, -0.2) is 8.42 Å². The van der Waals surface area contributed by atoms with Crippen LogP contribution in [-0.4, -0.2) is 70.1 Å². The summed E-state index contributed by atoms with van der Waals surface area (Å²) in [6, 6.07) is 1.47. The van der Waals surface area contributed by atoms with E-state index in [1.165, 1.54) is 6.07 Å². The van der Waals surface area contributed by atoms with Gasteiger partial charge in [0.1, 0.15) is 11.4 Å². The lowest BCUT2D eigenvalue weighted by Crippen LogP contribution is -2.62. The minimum Gasteiger partial charge on any atom is -0.548 e. The monoisotopic (exact) mass is 453 g/mol. The van der Waals surface area contributed by atoms with E-state index in [1.54, 1.807) is 0 Å². The lowest BCUT2D eigenvalue weighted by atomic mass is 9.94. The number of hydrogen-bond donors (Lipinski definition) is 2. The number of carbonyl (C=O) groups excluding carboxylic acids is 4. The first-order valence-electron chi connectivity index (χ1n) is 8.67. The molecule has 0 saturated carbocycles. The molecule has 166 valence electrons. The fourth-order valence-corrected chi connectivity index (χ4v) is 5.90. The largest absolute Gasteiger partial charge is 0.548 e. The van der Waals surface area contributed by atoms with E-state index in [9.17, 15) is 48.0 Å². The normalized spacial score (nSPS) is 27.5. The molecule has 2 fully saturated rings. The highest BCUT2D eigenvalue weighted by molar-refractivity contribution is 7.94. The van der Waals surface area contributed by atoms with Crippen LogP contribution in [-0.2, 0) is 40.2 Å². The SMILES string of the molecule is C[C@]1(COC(=O)Cc2ccc(O)c(O)c2)[C@H](C(=O)[O-])N2C(=O)/C(=C/C(=O)[O-])C2S1(=O)=O. The minimum absolute atomic E-state index is 0.217. The van der Waals surface area contributed by atoms with Crippen molar-refractivity contribution in [3.8, 4) is 11.5 Å². The zero-order valence-electron chi connectivity index (χ0n) is 15.8. The number of carboxylic acid groups (broad SMARTS) is 2. The van der Waals surface area contributed by atoms with Gasteiger partial charge < -0.3 is 39.7 Å². The Bertz CT molecular complexity index is 1140. The highest BCUT2D eigenvalue weighted by Crippen LogP contribution is 2.48. The van der Waals surface area contributed by atoms with Gasteiger partial charge in [-0.3, -0.25) is 9.59 Å². The Kier molecular flexibility index (Phi) is 5.18. The molecule has 0 bridgehead atoms. The first-order chi connectivity index (χ1) is 14.3. The van der Waals surface area contributed by atoms with Crippen LogP contribution in [0.15, 0.2) is 29.8 Å². The Balaban J connectivity index is 1.85. The number of sulfone groups is 1. The lowest BCUT2D eigenvalue weighted by molar-refractivity contribution is -0.312. The maximum atomic E-state index is 13.0. The quantitative estimate of drug-likeness (QED) is 0.186. The molecule has 2 N–H and O–H groups in total. The maximum Gasteiger partial charge on any atom is 0.310 e. The van der Waals surface area contributed by atoms with Gasteiger partial charge in [-0.15, -0.1) is 0 Å². The van der Waals surface area contributed by atoms with Gasteiger partial charge in [0, 0.05) is 0 Å². The Labute approximate surface area is 174 Å². The van der Waals surface area contributed by atoms with Crippen LogP contribution in [0.5, 0.6) is 11.5 Å². The Hall–Kier alpha value is -3.61. The summed E-state index contributed by atoms with van der Waals surface area (Å²) in [6.07, 6.45) is -0.162. The number of ether oxygens (including phenoxy) is 1. The zero-order chi connectivity index (χ0) is 23.3. The van der Waals surface area contributed by atoms with Crippen molar-refractivity contribution >= 4 is 33.7 Å². The fourth-order valence-electron chi connectivity index (χ4n) is 3.62. The van der Waals surface area contributed by atoms with E-state index in [1.807, 2.05) is 0 Å². The number of phenols is 2. The third kappa shape index (κ3) is 3.36. The minimum atomic E-state index is -4.56. The molecule has 13 heteroatoms. The number of aromatic hydroxyl groups is 2. The summed E-state index contributed by atoms with van der Waals surface area (Å²) in [5, 5.41) is 39.3. The highest BCUT2D eigenvalue weighted by atomic mass is 32.2. The van der Waals surface area contributed by atoms with Gasteiger partial charge in [-0.05, 0) is 30.7 Å². The second kappa shape index (κ2) is 7.27. The molecule has 2 heterocycles. The molecule has 0 aromatic heterocycles. The zero-order valence-corrected chi connectivity index (χ0v) is 16.6. The number of aliphatic carboxylic acids is 2. The molecule has 0 radical (unpaired) electrons. The number of amides is 1. The molecule has 31 heavy (non-hydrogen) atoms. The summed E-state index contributed by atoms with van der Waals surface area (Å²) in [6.45, 7) is -0.0134. The van der Waals surface area contributed by atoms with Crippen molar-refractivity contribution in [1.29, 1.82) is 0 Å². The van der Waals surface area contributed by atoms with Crippen LogP contribution in [0.3, 0.4) is 0 Å². The van der Waals surface area contributed by atoms with E-state index in [-0.39, 0.29) is 11.6 Å². The van der Waals surface area contributed by atoms with Crippen molar-refractivity contribution in [2.75, 3.05) is 6.61 Å². The average Bonchev–Trinajstić information content (AvgIpc) is 2.83. The molecule has 3 atom stereocenters. The maximum absolute atomic E-state index is 13.0. The number of carbonyl (C=O) groups is 4. The van der Waals surface area contributed by atoms with Crippen LogP contribution >= 0.6 is 0 Å². The van der Waals surface area contributed by atoms with Crippen LogP contribution in [0, 0.1) is 0 Å². The van der Waals surface area contributed by atoms with E-state index < -0.39 is 79.9 Å². The second-order valence-corrected chi connectivity index (χ2v) is 9.69. The number of β-lactam (4-membered cyclic amide) rings is 1. The molecule has 0 spiro atoms. The summed E-state index contributed by atoms with van der Waals surface area (Å²) in [4.78, 5) is 47.2. The second-order valence-electron chi connectivity index (χ2n) is 7.22. The molecular formula is C18H15NO11S-2. The van der Waals surface area contributed by atoms with E-state index in [0.29, 0.717) is 4.90 Å². The van der Waals surface area contributed by atoms with Crippen molar-refractivity contribution in [2.45, 2.75) is 29.5 Å². The molecule has 12 nitrogen and oxygen atoms in total. The predicted octanol–water partition coefficient (Wildman–Crippen LogP) is -3.67. The smallest absolute Gasteiger partial charge is 0.310 e. The molecule has 2 aliphatic rings. The van der Waals surface area contributed by atoms with E-state index >= 15 is 0 Å². The molecule has 1 unspecified atom stereocenters. The van der Waals surface area contributed by atoms with Gasteiger partial charge in [-0.2, -0.15) is 0 Å². The van der Waals surface area contributed by atoms with Crippen LogP contribution in [0.25, 0.3) is 0 Å². The third-order valence-corrected chi connectivity index (χ3v) is 7.92. The Morgan fingerprint density at radius 2 is 1.87 bits per heavy atom. The number of fused-ring (bicyclic) bond motifs is 1. The molecule has 2 aliphatic heterocycles. The van der Waals surface area contributed by atoms with Gasteiger partial charge in [0.2, 0.25) is 0 Å². The number of carboxylic acids is 2. The number of esters is 1. The van der Waals surface area contributed by atoms with Gasteiger partial charge in [0.05, 0.1) is 30.0 Å². The van der Waals surface area contributed by atoms with Gasteiger partial charge in [0.25, 0.3) is 5.91 Å². The Morgan fingerprint density at radius 1 is 1.23 bits per heavy atom. The molecule has 0 aliphatic carbocycles. The third-order valence-electron chi connectivity index (χ3n) is 5.21. The number of benzene rings is 1. The standard InChI is InChI=1S/C18H17NO11S/c1-18(7-30-13(24)5-8-2-3-10(20)11(21)4-8)14(17(26)27)19-15(25)9(6-12(22)23)16(19)31(18,28)29/h2-4,6,14,16,20-21H,5,7H2,1H3,(H,22,23)(H,26,27)/p-2/b9-6-/t14-,16?,18-/m0/s1. The predicted molar refractivity (Wildman–Crippen MR) is 94.3 cm³/mol. The fraction of sp³-hybridized carbons (Fsp3) is 0.333. The van der Waals surface area contributed by atoms with E-state index in [4.69, 9.17) is 4.74 Å². The van der Waals surface area contributed by atoms with Gasteiger partial charge in [0.15, 0.2) is 26.7 Å². The van der Waals surface area contributed by atoms with E-state index in [0.717, 1.165) is 19.1 Å². The average molecular weight is 453 g/mol. The number of nitrogens with zero attached hydrogens (tertiary/aromatic N) is 1. The van der Waals surface area contributed by atoms with Crippen molar-refractivity contribution in [1.82, 2.24) is 4.90 Å². The van der Waals surface area contributed by atoms with Crippen LogP contribution in [0.2, 0.25) is 0 Å². The molecule has 3 rings (SSSR count). The molecule has 1 amide bonds. The molecule has 2 saturated heterocycles. The number of hydrogen-bond acceptors (Lipinski definition) is 11. The highest BCUT2D eigenvalue weighted by Gasteiger charge is 2.70. The Morgan fingerprint density at radius 3 is 2.42 bits per heavy atom. The van der Waals surface area contributed by atoms with Gasteiger partial charge in [-0.1, -0.05) is 6.07 Å². The van der Waals surface area contributed by atoms with Crippen LogP contribution in [0.1, 0.15) is 12.5 Å². The number of phenolic OH excluding ortho intramolecular Hbond substituents is 2. The van der Waals surface area contributed by atoms with Crippen LogP contribution < -0.4 is 10.2 Å². The topological polar surface area (TPSA) is 201 Å².